The Balaban J connectivity index is 1.81. The molecule has 2 aliphatic rings. The summed E-state index contributed by atoms with van der Waals surface area (Å²) in [6.07, 6.45) is 8.27. The van der Waals surface area contributed by atoms with Crippen molar-refractivity contribution in [3.05, 3.63) is 71.3 Å². The average Bonchev–Trinajstić information content (AvgIpc) is 2.63. The van der Waals surface area contributed by atoms with Crippen LogP contribution in [0.25, 0.3) is 0 Å². The van der Waals surface area contributed by atoms with Crippen LogP contribution in [0.15, 0.2) is 70.4 Å². The van der Waals surface area contributed by atoms with Crippen LogP contribution in [-0.4, -0.2) is 11.4 Å². The molecule has 0 unspecified atom stereocenters. The van der Waals surface area contributed by atoms with E-state index in [1.54, 1.807) is 0 Å². The van der Waals surface area contributed by atoms with Gasteiger partial charge in [0.15, 0.2) is 0 Å². The molecular weight excluding hydrogens is 320 g/mol. The zero-order valence-electron chi connectivity index (χ0n) is 14.9. The first-order valence-electron chi connectivity index (χ1n) is 9.30. The topological polar surface area (TPSA) is 76.8 Å². The van der Waals surface area contributed by atoms with Crippen molar-refractivity contribution < 1.29 is 0 Å². The first-order chi connectivity index (χ1) is 12.7. The maximum absolute atomic E-state index is 5.85. The summed E-state index contributed by atoms with van der Waals surface area (Å²) >= 11 is 0. The highest BCUT2D eigenvalue weighted by Crippen LogP contribution is 2.33. The Hall–Kier alpha value is -2.88. The van der Waals surface area contributed by atoms with Gasteiger partial charge in [0.05, 0.1) is 11.4 Å². The Labute approximate surface area is 154 Å². The molecule has 0 radical (unpaired) electrons. The lowest BCUT2D eigenvalue weighted by Gasteiger charge is -2.28. The molecule has 0 saturated carbocycles. The number of fused-ring (bicyclic) bond motifs is 1. The first kappa shape index (κ1) is 16.6. The third-order valence-corrected chi connectivity index (χ3v) is 5.19. The van der Waals surface area contributed by atoms with Crippen LogP contribution in [-0.2, 0) is 0 Å². The molecule has 4 rings (SSSR count). The highest BCUT2D eigenvalue weighted by molar-refractivity contribution is 6.20. The largest absolute Gasteiger partial charge is 0.399 e. The lowest BCUT2D eigenvalue weighted by molar-refractivity contribution is 0.586. The van der Waals surface area contributed by atoms with Gasteiger partial charge in [0.2, 0.25) is 0 Å². The second-order valence-electron chi connectivity index (χ2n) is 7.03. The maximum Gasteiger partial charge on any atom is 0.0964 e. The smallest absolute Gasteiger partial charge is 0.0964 e. The monoisotopic (exact) mass is 344 g/mol. The molecule has 2 aromatic carbocycles. The Bertz CT molecular complexity index is 873. The number of nitrogens with zero attached hydrogens (tertiary/aromatic N) is 2. The molecule has 4 nitrogen and oxygen atoms in total. The normalized spacial score (nSPS) is 22.2. The van der Waals surface area contributed by atoms with E-state index in [1.807, 2.05) is 48.5 Å². The van der Waals surface area contributed by atoms with E-state index in [2.05, 4.69) is 16.3 Å². The van der Waals surface area contributed by atoms with E-state index in [9.17, 15) is 0 Å². The van der Waals surface area contributed by atoms with Crippen molar-refractivity contribution in [1.29, 1.82) is 0 Å². The molecule has 0 fully saturated rings. The highest BCUT2D eigenvalue weighted by atomic mass is 15.2. The second kappa shape index (κ2) is 7.16. The van der Waals surface area contributed by atoms with Crippen LogP contribution in [0.1, 0.15) is 43.2 Å². The molecule has 26 heavy (non-hydrogen) atoms. The van der Waals surface area contributed by atoms with Crippen LogP contribution in [0.2, 0.25) is 0 Å². The zero-order chi connectivity index (χ0) is 17.9. The molecule has 132 valence electrons. The molecule has 0 saturated heterocycles. The third kappa shape index (κ3) is 3.27. The third-order valence-electron chi connectivity index (χ3n) is 5.19. The summed E-state index contributed by atoms with van der Waals surface area (Å²) in [5.41, 5.74) is 18.8. The molecule has 1 heterocycles. The molecule has 1 atom stereocenters. The summed E-state index contributed by atoms with van der Waals surface area (Å²) in [5.74, 6) is 0.281. The van der Waals surface area contributed by atoms with E-state index in [1.165, 1.54) is 24.8 Å². The fourth-order valence-electron chi connectivity index (χ4n) is 3.78. The van der Waals surface area contributed by atoms with Crippen molar-refractivity contribution in [2.75, 3.05) is 11.5 Å². The van der Waals surface area contributed by atoms with Gasteiger partial charge in [0.25, 0.3) is 0 Å². The number of hydrogen-bond donors (Lipinski definition) is 2. The molecule has 1 aliphatic heterocycles. The lowest BCUT2D eigenvalue weighted by Crippen LogP contribution is -2.27. The number of nitrogens with two attached hydrogens (primary N) is 2. The molecule has 2 aromatic rings. The van der Waals surface area contributed by atoms with Crippen molar-refractivity contribution >= 4 is 22.8 Å². The number of hydrogen-bond acceptors (Lipinski definition) is 4. The van der Waals surface area contributed by atoms with Gasteiger partial charge in [-0.3, -0.25) is 0 Å². The average molecular weight is 344 g/mol. The first-order valence-corrected chi connectivity index (χ1v) is 9.30. The number of benzene rings is 2. The molecule has 0 spiro atoms. The van der Waals surface area contributed by atoms with Crippen molar-refractivity contribution in [2.24, 2.45) is 16.1 Å². The quantitative estimate of drug-likeness (QED) is 0.783. The van der Waals surface area contributed by atoms with Gasteiger partial charge in [-0.15, -0.1) is 5.10 Å². The summed E-state index contributed by atoms with van der Waals surface area (Å²) in [6, 6.07) is 15.9. The Morgan fingerprint density at radius 1 is 0.731 bits per heavy atom. The number of nitrogen functional groups attached to an aromatic ring is 2. The Morgan fingerprint density at radius 2 is 1.38 bits per heavy atom. The van der Waals surface area contributed by atoms with Crippen LogP contribution in [0.3, 0.4) is 0 Å². The van der Waals surface area contributed by atoms with Gasteiger partial charge in [-0.2, -0.15) is 5.10 Å². The fraction of sp³-hybridized carbons (Fsp3) is 0.273. The molecule has 4 N–H and O–H groups in total. The molecular formula is C22H24N4. The highest BCUT2D eigenvalue weighted by Gasteiger charge is 2.29. The molecule has 0 amide bonds. The molecule has 0 aromatic heterocycles. The minimum atomic E-state index is 0.281. The minimum absolute atomic E-state index is 0.281. The van der Waals surface area contributed by atoms with Crippen molar-refractivity contribution in [3.8, 4) is 0 Å². The van der Waals surface area contributed by atoms with E-state index >= 15 is 0 Å². The van der Waals surface area contributed by atoms with Crippen LogP contribution in [0, 0.1) is 5.92 Å². The van der Waals surface area contributed by atoms with Gasteiger partial charge in [-0.1, -0.05) is 43.2 Å². The maximum atomic E-state index is 5.85. The van der Waals surface area contributed by atoms with Gasteiger partial charge < -0.3 is 11.5 Å². The Kier molecular flexibility index (Phi) is 4.57. The van der Waals surface area contributed by atoms with E-state index in [0.717, 1.165) is 46.8 Å². The summed E-state index contributed by atoms with van der Waals surface area (Å²) in [4.78, 5) is 0. The van der Waals surface area contributed by atoms with E-state index in [4.69, 9.17) is 11.5 Å². The predicted molar refractivity (Wildman–Crippen MR) is 109 cm³/mol. The van der Waals surface area contributed by atoms with Crippen LogP contribution < -0.4 is 11.5 Å². The van der Waals surface area contributed by atoms with Crippen molar-refractivity contribution in [2.45, 2.75) is 32.1 Å². The molecule has 0 bridgehead atoms. The molecule has 1 aliphatic carbocycles. The zero-order valence-corrected chi connectivity index (χ0v) is 14.9. The van der Waals surface area contributed by atoms with Gasteiger partial charge in [-0.25, -0.2) is 0 Å². The summed E-state index contributed by atoms with van der Waals surface area (Å²) < 4.78 is 0. The van der Waals surface area contributed by atoms with E-state index < -0.39 is 0 Å². The van der Waals surface area contributed by atoms with Crippen LogP contribution in [0.5, 0.6) is 0 Å². The second-order valence-corrected chi connectivity index (χ2v) is 7.03. The predicted octanol–water partition coefficient (Wildman–Crippen LogP) is 4.56. The summed E-state index contributed by atoms with van der Waals surface area (Å²) in [7, 11) is 0. The van der Waals surface area contributed by atoms with Gasteiger partial charge in [0, 0.05) is 22.9 Å². The Morgan fingerprint density at radius 3 is 2.08 bits per heavy atom. The number of rotatable bonds is 2. The lowest BCUT2D eigenvalue weighted by atomic mass is 9.79. The molecule has 4 heteroatoms. The summed E-state index contributed by atoms with van der Waals surface area (Å²) in [6.45, 7) is 0. The standard InChI is InChI=1S/C22H24N4/c23-17-11-7-15(8-12-17)21-19-5-3-1-2-4-6-20(19)22(26-25-21)16-9-13-18(24)14-10-16/h5,7-14,20H,1-4,6,23-24H2/b19-5+/t20-/m0/s1. The fourth-order valence-corrected chi connectivity index (χ4v) is 3.78. The van der Waals surface area contributed by atoms with Crippen LogP contribution in [0.4, 0.5) is 11.4 Å². The van der Waals surface area contributed by atoms with E-state index in [-0.39, 0.29) is 5.92 Å². The minimum Gasteiger partial charge on any atom is -0.399 e. The number of allylic oxidation sites excluding steroid dienone is 2. The van der Waals surface area contributed by atoms with Gasteiger partial charge >= 0.3 is 0 Å². The van der Waals surface area contributed by atoms with Crippen molar-refractivity contribution in [1.82, 2.24) is 0 Å². The van der Waals surface area contributed by atoms with Gasteiger partial charge in [0.1, 0.15) is 0 Å². The SMILES string of the molecule is Nc1ccc(C2=NN=C(c3ccc(N)cc3)[C@H]3CCCCC/C=C/23)cc1. The van der Waals surface area contributed by atoms with Gasteiger partial charge in [-0.05, 0) is 54.7 Å². The van der Waals surface area contributed by atoms with E-state index in [0.29, 0.717) is 0 Å². The number of anilines is 2. The summed E-state index contributed by atoms with van der Waals surface area (Å²) in [5, 5.41) is 9.29. The van der Waals surface area contributed by atoms with Crippen molar-refractivity contribution in [3.63, 3.8) is 0 Å². The van der Waals surface area contributed by atoms with Crippen LogP contribution >= 0.6 is 0 Å².